The third-order valence-corrected chi connectivity index (χ3v) is 6.15. The van der Waals surface area contributed by atoms with Crippen molar-refractivity contribution in [2.75, 3.05) is 26.2 Å². The highest BCUT2D eigenvalue weighted by atomic mass is 15.0. The second-order valence-electron chi connectivity index (χ2n) is 9.41. The molecule has 1 unspecified atom stereocenters. The van der Waals surface area contributed by atoms with Gasteiger partial charge in [-0.25, -0.2) is 0 Å². The van der Waals surface area contributed by atoms with Crippen molar-refractivity contribution in [2.24, 2.45) is 23.2 Å². The van der Waals surface area contributed by atoms with E-state index in [2.05, 4.69) is 46.4 Å². The van der Waals surface area contributed by atoms with Crippen molar-refractivity contribution >= 4 is 16.0 Å². The molecule has 2 saturated heterocycles. The Labute approximate surface area is 141 Å². The standard InChI is InChI=1S/C18H38B2N2/c1-15(12-16-4-8-21(19)9-5-16)13-18(2,3)14-17-6-10-22(20)11-7-17/h15-17H,4-14,19-20H2,1-3H3. The number of nitrogens with zero attached hydrogens (tertiary/aromatic N) is 2. The van der Waals surface area contributed by atoms with Crippen LogP contribution in [-0.2, 0) is 0 Å². The summed E-state index contributed by atoms with van der Waals surface area (Å²) in [6, 6.07) is 0. The molecular formula is C18H38B2N2. The predicted octanol–water partition coefficient (Wildman–Crippen LogP) is 2.34. The first kappa shape index (κ1) is 18.4. The minimum Gasteiger partial charge on any atom is -0.349 e. The molecule has 22 heavy (non-hydrogen) atoms. The van der Waals surface area contributed by atoms with Gasteiger partial charge in [-0.05, 0) is 94.3 Å². The van der Waals surface area contributed by atoms with Crippen LogP contribution in [0.25, 0.3) is 0 Å². The molecule has 2 aliphatic rings. The summed E-state index contributed by atoms with van der Waals surface area (Å²) in [7, 11) is 4.54. The van der Waals surface area contributed by atoms with Crippen LogP contribution in [0.3, 0.4) is 0 Å². The summed E-state index contributed by atoms with van der Waals surface area (Å²) >= 11 is 0. The van der Waals surface area contributed by atoms with Crippen molar-refractivity contribution in [1.29, 1.82) is 0 Å². The van der Waals surface area contributed by atoms with Crippen molar-refractivity contribution in [2.45, 2.75) is 65.7 Å². The molecule has 0 aliphatic carbocycles. The van der Waals surface area contributed by atoms with Gasteiger partial charge >= 0.3 is 0 Å². The van der Waals surface area contributed by atoms with Crippen LogP contribution in [0.2, 0.25) is 0 Å². The third kappa shape index (κ3) is 6.28. The van der Waals surface area contributed by atoms with E-state index >= 15 is 0 Å². The molecule has 0 N–H and O–H groups in total. The van der Waals surface area contributed by atoms with E-state index < -0.39 is 0 Å². The Balaban J connectivity index is 1.70. The largest absolute Gasteiger partial charge is 0.349 e. The van der Waals surface area contributed by atoms with Gasteiger partial charge in [-0.3, -0.25) is 0 Å². The molecule has 0 aromatic carbocycles. The predicted molar refractivity (Wildman–Crippen MR) is 102 cm³/mol. The van der Waals surface area contributed by atoms with Crippen LogP contribution in [0.5, 0.6) is 0 Å². The molecule has 0 aromatic rings. The Kier molecular flexibility index (Phi) is 6.89. The van der Waals surface area contributed by atoms with Gasteiger partial charge in [0, 0.05) is 0 Å². The van der Waals surface area contributed by atoms with Crippen molar-refractivity contribution in [1.82, 2.24) is 9.62 Å². The number of rotatable bonds is 6. The van der Waals surface area contributed by atoms with Gasteiger partial charge in [0.2, 0.25) is 0 Å². The van der Waals surface area contributed by atoms with E-state index in [9.17, 15) is 0 Å². The van der Waals surface area contributed by atoms with Crippen LogP contribution in [0.4, 0.5) is 0 Å². The van der Waals surface area contributed by atoms with Gasteiger partial charge in [0.05, 0.1) is 0 Å². The quantitative estimate of drug-likeness (QED) is 0.695. The van der Waals surface area contributed by atoms with Crippen molar-refractivity contribution in [3.8, 4) is 0 Å². The maximum atomic E-state index is 2.52. The van der Waals surface area contributed by atoms with Crippen molar-refractivity contribution in [3.05, 3.63) is 0 Å². The molecule has 0 aromatic heterocycles. The molecule has 126 valence electrons. The summed E-state index contributed by atoms with van der Waals surface area (Å²) in [6.07, 6.45) is 10.0. The van der Waals surface area contributed by atoms with E-state index in [1.54, 1.807) is 0 Å². The average Bonchev–Trinajstić information content (AvgIpc) is 2.43. The van der Waals surface area contributed by atoms with E-state index in [-0.39, 0.29) is 0 Å². The van der Waals surface area contributed by atoms with E-state index in [0.717, 1.165) is 17.8 Å². The SMILES string of the molecule is BN1CCC(CC(C)CC(C)(C)CC2CCN(B)CC2)CC1. The molecule has 2 fully saturated rings. The highest BCUT2D eigenvalue weighted by Gasteiger charge is 2.28. The molecular weight excluding hydrogens is 266 g/mol. The molecule has 1 atom stereocenters. The zero-order chi connectivity index (χ0) is 16.2. The number of piperidine rings is 2. The lowest BCUT2D eigenvalue weighted by Gasteiger charge is -2.37. The van der Waals surface area contributed by atoms with Crippen molar-refractivity contribution < 1.29 is 0 Å². The molecule has 2 aliphatic heterocycles. The van der Waals surface area contributed by atoms with Crippen molar-refractivity contribution in [3.63, 3.8) is 0 Å². The Morgan fingerprint density at radius 2 is 1.36 bits per heavy atom. The summed E-state index contributed by atoms with van der Waals surface area (Å²) in [4.78, 5) is 4.98. The Hall–Kier alpha value is 0.0499. The monoisotopic (exact) mass is 304 g/mol. The highest BCUT2D eigenvalue weighted by Crippen LogP contribution is 2.38. The third-order valence-electron chi connectivity index (χ3n) is 6.15. The fraction of sp³-hybridized carbons (Fsp3) is 1.00. The van der Waals surface area contributed by atoms with E-state index in [4.69, 9.17) is 0 Å². The summed E-state index contributed by atoms with van der Waals surface area (Å²) in [5.74, 6) is 2.86. The van der Waals surface area contributed by atoms with E-state index in [1.165, 1.54) is 71.1 Å². The lowest BCUT2D eigenvalue weighted by Crippen LogP contribution is -2.34. The van der Waals surface area contributed by atoms with Gasteiger partial charge in [0.25, 0.3) is 0 Å². The number of hydrogen-bond donors (Lipinski definition) is 0. The first-order valence-electron chi connectivity index (χ1n) is 9.71. The molecule has 0 radical (unpaired) electrons. The smallest absolute Gasteiger partial charge is 0.185 e. The van der Waals surface area contributed by atoms with Gasteiger partial charge < -0.3 is 9.62 Å². The maximum Gasteiger partial charge on any atom is 0.185 e. The van der Waals surface area contributed by atoms with Crippen LogP contribution in [0.15, 0.2) is 0 Å². The van der Waals surface area contributed by atoms with E-state index in [1.807, 2.05) is 0 Å². The fourth-order valence-electron chi connectivity index (χ4n) is 5.02. The van der Waals surface area contributed by atoms with Gasteiger partial charge in [-0.1, -0.05) is 20.8 Å². The second-order valence-corrected chi connectivity index (χ2v) is 9.41. The van der Waals surface area contributed by atoms with Crippen LogP contribution < -0.4 is 0 Å². The van der Waals surface area contributed by atoms with Crippen LogP contribution >= 0.6 is 0 Å². The minimum absolute atomic E-state index is 0.533. The molecule has 0 amide bonds. The zero-order valence-electron chi connectivity index (χ0n) is 15.9. The molecule has 0 saturated carbocycles. The minimum atomic E-state index is 0.533. The highest BCUT2D eigenvalue weighted by molar-refractivity contribution is 6.04. The maximum absolute atomic E-state index is 2.52. The second kappa shape index (κ2) is 8.24. The van der Waals surface area contributed by atoms with Crippen LogP contribution in [0, 0.1) is 23.2 Å². The Morgan fingerprint density at radius 1 is 0.909 bits per heavy atom. The first-order chi connectivity index (χ1) is 10.3. The normalized spacial score (nSPS) is 25.4. The summed E-state index contributed by atoms with van der Waals surface area (Å²) in [5.41, 5.74) is 0.533. The number of hydrogen-bond acceptors (Lipinski definition) is 2. The van der Waals surface area contributed by atoms with Gasteiger partial charge in [0.15, 0.2) is 16.0 Å². The molecule has 2 heterocycles. The topological polar surface area (TPSA) is 6.48 Å². The summed E-state index contributed by atoms with van der Waals surface area (Å²) < 4.78 is 0. The van der Waals surface area contributed by atoms with Crippen LogP contribution in [0.1, 0.15) is 65.7 Å². The van der Waals surface area contributed by atoms with E-state index in [0.29, 0.717) is 5.41 Å². The first-order valence-corrected chi connectivity index (χ1v) is 9.71. The lowest BCUT2D eigenvalue weighted by molar-refractivity contribution is 0.155. The molecule has 0 spiro atoms. The fourth-order valence-corrected chi connectivity index (χ4v) is 5.02. The molecule has 0 bridgehead atoms. The zero-order valence-corrected chi connectivity index (χ0v) is 15.9. The lowest BCUT2D eigenvalue weighted by atomic mass is 9.72. The Bertz CT molecular complexity index is 319. The summed E-state index contributed by atoms with van der Waals surface area (Å²) in [5, 5.41) is 0. The van der Waals surface area contributed by atoms with Crippen LogP contribution in [-0.4, -0.2) is 51.8 Å². The average molecular weight is 304 g/mol. The van der Waals surface area contributed by atoms with Gasteiger partial charge in [-0.2, -0.15) is 0 Å². The van der Waals surface area contributed by atoms with Gasteiger partial charge in [0.1, 0.15) is 0 Å². The van der Waals surface area contributed by atoms with Gasteiger partial charge in [-0.15, -0.1) is 0 Å². The molecule has 2 rings (SSSR count). The summed E-state index contributed by atoms with van der Waals surface area (Å²) in [6.45, 7) is 12.8. The molecule has 4 heteroatoms. The Morgan fingerprint density at radius 3 is 1.86 bits per heavy atom. The molecule has 2 nitrogen and oxygen atoms in total.